The Bertz CT molecular complexity index is 431. The predicted molar refractivity (Wildman–Crippen MR) is 57.9 cm³/mol. The number of fused-ring (bicyclic) bond motifs is 1. The van der Waals surface area contributed by atoms with E-state index >= 15 is 0 Å². The zero-order valence-corrected chi connectivity index (χ0v) is 9.22. The van der Waals surface area contributed by atoms with E-state index in [2.05, 4.69) is 52.1 Å². The van der Waals surface area contributed by atoms with Crippen molar-refractivity contribution in [2.24, 2.45) is 0 Å². The highest BCUT2D eigenvalue weighted by molar-refractivity contribution is 9.10. The number of aromatic nitrogens is 2. The third kappa shape index (κ3) is 1.48. The van der Waals surface area contributed by atoms with Crippen LogP contribution in [0.1, 0.15) is 25.3 Å². The highest BCUT2D eigenvalue weighted by Crippen LogP contribution is 2.27. The van der Waals surface area contributed by atoms with Crippen LogP contribution in [0.15, 0.2) is 22.8 Å². The Labute approximate surface area is 85.5 Å². The Morgan fingerprint density at radius 2 is 2.15 bits per heavy atom. The molecule has 3 heteroatoms. The van der Waals surface area contributed by atoms with Gasteiger partial charge in [-0.25, -0.2) is 0 Å². The standard InChI is InChI=1S/C10H11BrN2/c1-6(2)7-3-9(11)8-5-12-13-10(8)4-7/h3-6H,1-2H3,(H,12,13). The van der Waals surface area contributed by atoms with Crippen molar-refractivity contribution in [3.8, 4) is 0 Å². The fraction of sp³-hybridized carbons (Fsp3) is 0.300. The summed E-state index contributed by atoms with van der Waals surface area (Å²) in [6, 6.07) is 4.31. The Balaban J connectivity index is 2.70. The Morgan fingerprint density at radius 1 is 1.38 bits per heavy atom. The number of rotatable bonds is 1. The molecule has 2 aromatic rings. The second kappa shape index (κ2) is 3.14. The van der Waals surface area contributed by atoms with E-state index in [-0.39, 0.29) is 0 Å². The van der Waals surface area contributed by atoms with Crippen LogP contribution in [0.25, 0.3) is 10.9 Å². The third-order valence-electron chi connectivity index (χ3n) is 2.20. The van der Waals surface area contributed by atoms with Crippen LogP contribution in [0.3, 0.4) is 0 Å². The molecule has 0 saturated carbocycles. The summed E-state index contributed by atoms with van der Waals surface area (Å²) in [4.78, 5) is 0. The van der Waals surface area contributed by atoms with Crippen molar-refractivity contribution in [1.29, 1.82) is 0 Å². The molecule has 1 aromatic carbocycles. The van der Waals surface area contributed by atoms with Gasteiger partial charge >= 0.3 is 0 Å². The molecule has 0 atom stereocenters. The van der Waals surface area contributed by atoms with Crippen LogP contribution in [0, 0.1) is 0 Å². The summed E-state index contributed by atoms with van der Waals surface area (Å²) < 4.78 is 1.11. The number of nitrogens with zero attached hydrogens (tertiary/aromatic N) is 1. The lowest BCUT2D eigenvalue weighted by atomic mass is 10.0. The SMILES string of the molecule is CC(C)c1cc(Br)c2cn[nH]c2c1. The van der Waals surface area contributed by atoms with Crippen molar-refractivity contribution in [3.63, 3.8) is 0 Å². The predicted octanol–water partition coefficient (Wildman–Crippen LogP) is 3.45. The van der Waals surface area contributed by atoms with Gasteiger partial charge in [-0.3, -0.25) is 5.10 Å². The average Bonchev–Trinajstić information content (AvgIpc) is 2.51. The van der Waals surface area contributed by atoms with Gasteiger partial charge in [0.15, 0.2) is 0 Å². The zero-order chi connectivity index (χ0) is 9.42. The van der Waals surface area contributed by atoms with E-state index in [1.807, 2.05) is 6.20 Å². The van der Waals surface area contributed by atoms with E-state index < -0.39 is 0 Å². The molecule has 1 aromatic heterocycles. The van der Waals surface area contributed by atoms with E-state index in [1.54, 1.807) is 0 Å². The molecule has 13 heavy (non-hydrogen) atoms. The molecule has 0 aliphatic rings. The van der Waals surface area contributed by atoms with Gasteiger partial charge in [0.2, 0.25) is 0 Å². The van der Waals surface area contributed by atoms with Gasteiger partial charge in [0.25, 0.3) is 0 Å². The van der Waals surface area contributed by atoms with Gasteiger partial charge in [-0.1, -0.05) is 29.8 Å². The first-order valence-electron chi connectivity index (χ1n) is 4.31. The van der Waals surface area contributed by atoms with Crippen LogP contribution < -0.4 is 0 Å². The van der Waals surface area contributed by atoms with Crippen LogP contribution in [-0.2, 0) is 0 Å². The maximum Gasteiger partial charge on any atom is 0.0664 e. The maximum absolute atomic E-state index is 4.01. The van der Waals surface area contributed by atoms with Gasteiger partial charge in [0.1, 0.15) is 0 Å². The van der Waals surface area contributed by atoms with E-state index in [0.717, 1.165) is 15.4 Å². The number of benzene rings is 1. The molecule has 2 nitrogen and oxygen atoms in total. The number of hydrogen-bond acceptors (Lipinski definition) is 1. The Morgan fingerprint density at radius 3 is 2.85 bits per heavy atom. The molecule has 0 fully saturated rings. The number of nitrogens with one attached hydrogen (secondary N) is 1. The largest absolute Gasteiger partial charge is 0.278 e. The van der Waals surface area contributed by atoms with Crippen LogP contribution in [0.2, 0.25) is 0 Å². The molecule has 0 spiro atoms. The van der Waals surface area contributed by atoms with Crippen molar-refractivity contribution >= 4 is 26.8 Å². The molecule has 0 aliphatic heterocycles. The molecular formula is C10H11BrN2. The summed E-state index contributed by atoms with van der Waals surface area (Å²) in [5.41, 5.74) is 2.42. The molecule has 0 aliphatic carbocycles. The Hall–Kier alpha value is -0.830. The minimum Gasteiger partial charge on any atom is -0.278 e. The number of hydrogen-bond donors (Lipinski definition) is 1. The molecule has 0 unspecified atom stereocenters. The summed E-state index contributed by atoms with van der Waals surface area (Å²) in [7, 11) is 0. The van der Waals surface area contributed by atoms with Crippen LogP contribution in [0.5, 0.6) is 0 Å². The first-order chi connectivity index (χ1) is 6.18. The molecule has 0 bridgehead atoms. The zero-order valence-electron chi connectivity index (χ0n) is 7.63. The number of H-pyrrole nitrogens is 1. The van der Waals surface area contributed by atoms with E-state index in [4.69, 9.17) is 0 Å². The fourth-order valence-electron chi connectivity index (χ4n) is 1.36. The molecule has 1 N–H and O–H groups in total. The minimum absolute atomic E-state index is 0.545. The van der Waals surface area contributed by atoms with Gasteiger partial charge < -0.3 is 0 Å². The van der Waals surface area contributed by atoms with Crippen molar-refractivity contribution < 1.29 is 0 Å². The average molecular weight is 239 g/mol. The molecule has 68 valence electrons. The van der Waals surface area contributed by atoms with Crippen LogP contribution >= 0.6 is 15.9 Å². The van der Waals surface area contributed by atoms with Gasteiger partial charge in [0, 0.05) is 9.86 Å². The molecular weight excluding hydrogens is 228 g/mol. The second-order valence-corrected chi connectivity index (χ2v) is 4.34. The topological polar surface area (TPSA) is 28.7 Å². The minimum atomic E-state index is 0.545. The first kappa shape index (κ1) is 8.75. The van der Waals surface area contributed by atoms with Gasteiger partial charge in [-0.15, -0.1) is 0 Å². The normalized spacial score (nSPS) is 11.4. The summed E-state index contributed by atoms with van der Waals surface area (Å²) in [5.74, 6) is 0.545. The van der Waals surface area contributed by atoms with Crippen molar-refractivity contribution in [3.05, 3.63) is 28.4 Å². The smallest absolute Gasteiger partial charge is 0.0664 e. The summed E-state index contributed by atoms with van der Waals surface area (Å²) in [5, 5.41) is 8.13. The van der Waals surface area contributed by atoms with Crippen LogP contribution in [0.4, 0.5) is 0 Å². The fourth-order valence-corrected chi connectivity index (χ4v) is 1.94. The highest BCUT2D eigenvalue weighted by atomic mass is 79.9. The Kier molecular flexibility index (Phi) is 2.12. The van der Waals surface area contributed by atoms with Crippen molar-refractivity contribution in [2.75, 3.05) is 0 Å². The summed E-state index contributed by atoms with van der Waals surface area (Å²) in [6.07, 6.45) is 1.84. The van der Waals surface area contributed by atoms with E-state index in [0.29, 0.717) is 5.92 Å². The molecule has 0 amide bonds. The summed E-state index contributed by atoms with van der Waals surface area (Å²) in [6.45, 7) is 4.37. The monoisotopic (exact) mass is 238 g/mol. The lowest BCUT2D eigenvalue weighted by molar-refractivity contribution is 0.867. The molecule has 0 saturated heterocycles. The first-order valence-corrected chi connectivity index (χ1v) is 5.10. The van der Waals surface area contributed by atoms with E-state index in [9.17, 15) is 0 Å². The maximum atomic E-state index is 4.01. The quantitative estimate of drug-likeness (QED) is 0.811. The molecule has 2 rings (SSSR count). The van der Waals surface area contributed by atoms with Crippen molar-refractivity contribution in [1.82, 2.24) is 10.2 Å². The molecule has 0 radical (unpaired) electrons. The van der Waals surface area contributed by atoms with Gasteiger partial charge in [-0.2, -0.15) is 5.10 Å². The van der Waals surface area contributed by atoms with Crippen molar-refractivity contribution in [2.45, 2.75) is 19.8 Å². The highest BCUT2D eigenvalue weighted by Gasteiger charge is 2.05. The van der Waals surface area contributed by atoms with Crippen LogP contribution in [-0.4, -0.2) is 10.2 Å². The molecule has 1 heterocycles. The van der Waals surface area contributed by atoms with E-state index in [1.165, 1.54) is 5.56 Å². The second-order valence-electron chi connectivity index (χ2n) is 3.49. The lowest BCUT2D eigenvalue weighted by Gasteiger charge is -2.05. The lowest BCUT2D eigenvalue weighted by Crippen LogP contribution is -1.87. The van der Waals surface area contributed by atoms with Gasteiger partial charge in [0.05, 0.1) is 11.7 Å². The van der Waals surface area contributed by atoms with Gasteiger partial charge in [-0.05, 0) is 23.6 Å². The summed E-state index contributed by atoms with van der Waals surface area (Å²) >= 11 is 3.54. The number of halogens is 1. The number of aromatic amines is 1. The third-order valence-corrected chi connectivity index (χ3v) is 2.85.